The van der Waals surface area contributed by atoms with E-state index < -0.39 is 24.1 Å². The molecule has 0 amide bonds. The molecule has 84 valence electrons. The molecule has 1 heterocycles. The molecule has 0 fully saturated rings. The van der Waals surface area contributed by atoms with Crippen LogP contribution in [0.5, 0.6) is 0 Å². The second-order valence-electron chi connectivity index (χ2n) is 3.04. The molecular weight excluding hydrogens is 230 g/mol. The van der Waals surface area contributed by atoms with Gasteiger partial charge in [-0.1, -0.05) is 11.6 Å². The van der Waals surface area contributed by atoms with E-state index in [1.54, 1.807) is 0 Å². The Morgan fingerprint density at radius 3 is 2.53 bits per heavy atom. The van der Waals surface area contributed by atoms with Crippen molar-refractivity contribution >= 4 is 17.6 Å². The Bertz CT molecular complexity index is 392. The van der Waals surface area contributed by atoms with Crippen molar-refractivity contribution in [2.75, 3.05) is 0 Å². The van der Waals surface area contributed by atoms with Crippen molar-refractivity contribution in [1.29, 1.82) is 0 Å². The highest BCUT2D eigenvalue weighted by molar-refractivity contribution is 6.31. The number of carbonyl (C=O) groups is 1. The van der Waals surface area contributed by atoms with Gasteiger partial charge in [-0.2, -0.15) is 5.10 Å². The van der Waals surface area contributed by atoms with Crippen LogP contribution in [0.1, 0.15) is 30.8 Å². The van der Waals surface area contributed by atoms with E-state index in [1.807, 2.05) is 0 Å². The second kappa shape index (κ2) is 4.14. The predicted molar refractivity (Wildman–Crippen MR) is 49.3 cm³/mol. The van der Waals surface area contributed by atoms with E-state index in [9.17, 15) is 13.6 Å². The molecule has 0 aliphatic rings. The predicted octanol–water partition coefficient (Wildman–Crippen LogP) is 2.43. The summed E-state index contributed by atoms with van der Waals surface area (Å²) in [5, 5.41) is 12.2. The second-order valence-corrected chi connectivity index (χ2v) is 3.42. The highest BCUT2D eigenvalue weighted by Gasteiger charge is 2.27. The first-order valence-corrected chi connectivity index (χ1v) is 4.49. The zero-order valence-electron chi connectivity index (χ0n) is 8.04. The number of nitrogens with zero attached hydrogens (tertiary/aromatic N) is 2. The van der Waals surface area contributed by atoms with Gasteiger partial charge in [0.15, 0.2) is 0 Å². The summed E-state index contributed by atoms with van der Waals surface area (Å²) >= 11 is 5.60. The van der Waals surface area contributed by atoms with E-state index in [0.717, 1.165) is 4.68 Å². The lowest BCUT2D eigenvalue weighted by Crippen LogP contribution is -2.19. The molecule has 7 heteroatoms. The molecule has 0 radical (unpaired) electrons. The zero-order valence-corrected chi connectivity index (χ0v) is 8.79. The van der Waals surface area contributed by atoms with Gasteiger partial charge in [-0.3, -0.25) is 0 Å². The van der Waals surface area contributed by atoms with Crippen LogP contribution in [0.3, 0.4) is 0 Å². The average molecular weight is 239 g/mol. The highest BCUT2D eigenvalue weighted by Crippen LogP contribution is 2.31. The first kappa shape index (κ1) is 11.9. The third-order valence-corrected chi connectivity index (χ3v) is 2.45. The third kappa shape index (κ3) is 2.09. The maximum Gasteiger partial charge on any atom is 0.328 e. The van der Waals surface area contributed by atoms with Gasteiger partial charge in [0.25, 0.3) is 6.43 Å². The van der Waals surface area contributed by atoms with Gasteiger partial charge in [0.1, 0.15) is 11.7 Å². The minimum atomic E-state index is -2.85. The molecule has 0 saturated heterocycles. The van der Waals surface area contributed by atoms with Crippen LogP contribution in [0.4, 0.5) is 8.78 Å². The van der Waals surface area contributed by atoms with Crippen molar-refractivity contribution in [3.05, 3.63) is 16.4 Å². The van der Waals surface area contributed by atoms with Crippen LogP contribution in [-0.2, 0) is 4.79 Å². The Morgan fingerprint density at radius 1 is 1.60 bits per heavy atom. The fourth-order valence-corrected chi connectivity index (χ4v) is 1.35. The Hall–Kier alpha value is -1.17. The molecule has 1 aromatic heterocycles. The molecule has 1 N–H and O–H groups in total. The van der Waals surface area contributed by atoms with Crippen LogP contribution in [0.15, 0.2) is 0 Å². The van der Waals surface area contributed by atoms with Crippen LogP contribution < -0.4 is 0 Å². The molecule has 1 aromatic rings. The summed E-state index contributed by atoms with van der Waals surface area (Å²) < 4.78 is 25.9. The number of aryl methyl sites for hydroxylation is 1. The SMILES string of the molecule is Cc1nn(C(C)C(=O)O)c(C(F)F)c1Cl. The van der Waals surface area contributed by atoms with E-state index in [0.29, 0.717) is 0 Å². The van der Waals surface area contributed by atoms with E-state index in [4.69, 9.17) is 16.7 Å². The number of rotatable bonds is 3. The number of hydrogen-bond donors (Lipinski definition) is 1. The van der Waals surface area contributed by atoms with Crippen LogP contribution in [0.25, 0.3) is 0 Å². The quantitative estimate of drug-likeness (QED) is 0.880. The molecule has 0 aromatic carbocycles. The molecule has 15 heavy (non-hydrogen) atoms. The molecule has 0 spiro atoms. The molecule has 1 unspecified atom stereocenters. The van der Waals surface area contributed by atoms with Gasteiger partial charge < -0.3 is 5.11 Å². The van der Waals surface area contributed by atoms with Gasteiger partial charge in [0.2, 0.25) is 0 Å². The standard InChI is InChI=1S/C8H9ClF2N2O2/c1-3-5(9)6(7(10)11)13(12-3)4(2)8(14)15/h4,7H,1-2H3,(H,14,15). The molecule has 0 bridgehead atoms. The van der Waals surface area contributed by atoms with Crippen LogP contribution in [0, 0.1) is 6.92 Å². The maximum absolute atomic E-state index is 12.6. The molecule has 0 aliphatic heterocycles. The normalized spacial score (nSPS) is 13.2. The van der Waals surface area contributed by atoms with Crippen molar-refractivity contribution in [3.8, 4) is 0 Å². The molecular formula is C8H9ClF2N2O2. The monoisotopic (exact) mass is 238 g/mol. The zero-order chi connectivity index (χ0) is 11.7. The van der Waals surface area contributed by atoms with Crippen molar-refractivity contribution in [3.63, 3.8) is 0 Å². The molecule has 0 saturated carbocycles. The fraction of sp³-hybridized carbons (Fsp3) is 0.500. The largest absolute Gasteiger partial charge is 0.480 e. The summed E-state index contributed by atoms with van der Waals surface area (Å²) in [6.45, 7) is 2.70. The van der Waals surface area contributed by atoms with Crippen LogP contribution >= 0.6 is 11.6 Å². The number of carboxylic acid groups (broad SMARTS) is 1. The Morgan fingerprint density at radius 2 is 2.13 bits per heavy atom. The van der Waals surface area contributed by atoms with Gasteiger partial charge in [-0.25, -0.2) is 18.3 Å². The van der Waals surface area contributed by atoms with Gasteiger partial charge in [-0.05, 0) is 13.8 Å². The molecule has 0 aliphatic carbocycles. The fourth-order valence-electron chi connectivity index (χ4n) is 1.14. The Kier molecular flexibility index (Phi) is 3.28. The number of carboxylic acids is 1. The van der Waals surface area contributed by atoms with E-state index in [2.05, 4.69) is 5.10 Å². The van der Waals surface area contributed by atoms with Crippen LogP contribution in [0.2, 0.25) is 5.02 Å². The number of alkyl halides is 2. The van der Waals surface area contributed by atoms with Crippen LogP contribution in [-0.4, -0.2) is 20.9 Å². The molecule has 1 atom stereocenters. The lowest BCUT2D eigenvalue weighted by molar-refractivity contribution is -0.140. The third-order valence-electron chi connectivity index (χ3n) is 1.98. The van der Waals surface area contributed by atoms with E-state index in [-0.39, 0.29) is 10.7 Å². The number of aliphatic carboxylic acids is 1. The Labute approximate surface area is 89.5 Å². The topological polar surface area (TPSA) is 55.1 Å². The van der Waals surface area contributed by atoms with Crippen molar-refractivity contribution in [2.24, 2.45) is 0 Å². The highest BCUT2D eigenvalue weighted by atomic mass is 35.5. The summed E-state index contributed by atoms with van der Waals surface area (Å²) in [6, 6.07) is -1.17. The Balaban J connectivity index is 3.29. The summed E-state index contributed by atoms with van der Waals surface area (Å²) in [5.74, 6) is -1.24. The first-order chi connectivity index (χ1) is 6.86. The summed E-state index contributed by atoms with van der Waals surface area (Å²) in [4.78, 5) is 10.6. The average Bonchev–Trinajstić information content (AvgIpc) is 2.41. The van der Waals surface area contributed by atoms with Crippen molar-refractivity contribution in [2.45, 2.75) is 26.3 Å². The smallest absolute Gasteiger partial charge is 0.328 e. The number of hydrogen-bond acceptors (Lipinski definition) is 2. The summed E-state index contributed by atoms with van der Waals surface area (Å²) in [5.41, 5.74) is -0.357. The van der Waals surface area contributed by atoms with Gasteiger partial charge >= 0.3 is 5.97 Å². The number of aromatic nitrogens is 2. The van der Waals surface area contributed by atoms with E-state index in [1.165, 1.54) is 13.8 Å². The van der Waals surface area contributed by atoms with Crippen molar-refractivity contribution < 1.29 is 18.7 Å². The minimum Gasteiger partial charge on any atom is -0.480 e. The first-order valence-electron chi connectivity index (χ1n) is 4.11. The molecule has 4 nitrogen and oxygen atoms in total. The van der Waals surface area contributed by atoms with Gasteiger partial charge in [-0.15, -0.1) is 0 Å². The summed E-state index contributed by atoms with van der Waals surface area (Å²) in [6.07, 6.45) is -2.85. The van der Waals surface area contributed by atoms with Gasteiger partial charge in [0.05, 0.1) is 10.7 Å². The number of halogens is 3. The minimum absolute atomic E-state index is 0.182. The van der Waals surface area contributed by atoms with Gasteiger partial charge in [0, 0.05) is 0 Å². The maximum atomic E-state index is 12.6. The van der Waals surface area contributed by atoms with E-state index >= 15 is 0 Å². The molecule has 1 rings (SSSR count). The van der Waals surface area contributed by atoms with Crippen molar-refractivity contribution in [1.82, 2.24) is 9.78 Å². The lowest BCUT2D eigenvalue weighted by Gasteiger charge is -2.10. The summed E-state index contributed by atoms with van der Waals surface area (Å²) in [7, 11) is 0. The lowest BCUT2D eigenvalue weighted by atomic mass is 10.3.